The van der Waals surface area contributed by atoms with Gasteiger partial charge >= 0.3 is 5.97 Å². The first-order chi connectivity index (χ1) is 6.16. The highest BCUT2D eigenvalue weighted by molar-refractivity contribution is 5.75. The van der Waals surface area contributed by atoms with Crippen molar-refractivity contribution in [2.24, 2.45) is 5.84 Å². The first kappa shape index (κ1) is 9.63. The summed E-state index contributed by atoms with van der Waals surface area (Å²) in [5.41, 5.74) is 2.04. The van der Waals surface area contributed by atoms with Crippen molar-refractivity contribution in [1.29, 1.82) is 0 Å². The summed E-state index contributed by atoms with van der Waals surface area (Å²) in [6.07, 6.45) is 0. The molecule has 70 valence electrons. The molecule has 0 aliphatic rings. The second-order valence-electron chi connectivity index (χ2n) is 2.46. The number of nitrogens with two attached hydrogens (primary N) is 1. The maximum absolute atomic E-state index is 13.0. The van der Waals surface area contributed by atoms with Gasteiger partial charge in [-0.25, -0.2) is 9.82 Å². The van der Waals surface area contributed by atoms with Gasteiger partial charge in [-0.1, -0.05) is 18.2 Å². The van der Waals surface area contributed by atoms with Gasteiger partial charge in [0.15, 0.2) is 0 Å². The van der Waals surface area contributed by atoms with Crippen LogP contribution in [0, 0.1) is 5.82 Å². The average Bonchev–Trinajstić information content (AvgIpc) is 2.09. The Morgan fingerprint density at radius 1 is 1.54 bits per heavy atom. The molecule has 0 saturated carbocycles. The molecule has 1 unspecified atom stereocenters. The highest BCUT2D eigenvalue weighted by Crippen LogP contribution is 2.15. The fourth-order valence-corrected chi connectivity index (χ4v) is 1.00. The molecule has 0 amide bonds. The molecule has 1 aromatic carbocycles. The number of carbonyl (C=O) groups is 1. The van der Waals surface area contributed by atoms with Gasteiger partial charge in [-0.15, -0.1) is 0 Å². The molecular formula is C8H9FN2O2. The van der Waals surface area contributed by atoms with Crippen LogP contribution in [0.5, 0.6) is 0 Å². The molecule has 0 aliphatic heterocycles. The van der Waals surface area contributed by atoms with Crippen molar-refractivity contribution in [1.82, 2.24) is 5.43 Å². The number of benzene rings is 1. The lowest BCUT2D eigenvalue weighted by Crippen LogP contribution is -2.34. The summed E-state index contributed by atoms with van der Waals surface area (Å²) in [6, 6.07) is 4.37. The second-order valence-corrected chi connectivity index (χ2v) is 2.46. The molecule has 1 rings (SSSR count). The minimum absolute atomic E-state index is 0.0255. The number of hydrogen-bond donors (Lipinski definition) is 3. The third-order valence-corrected chi connectivity index (χ3v) is 1.63. The smallest absolute Gasteiger partial charge is 0.326 e. The number of carboxylic acids is 1. The number of carboxylic acid groups (broad SMARTS) is 1. The molecule has 13 heavy (non-hydrogen) atoms. The van der Waals surface area contributed by atoms with Crippen molar-refractivity contribution in [2.75, 3.05) is 0 Å². The molecule has 0 fully saturated rings. The fraction of sp³-hybridized carbons (Fsp3) is 0.125. The van der Waals surface area contributed by atoms with E-state index in [2.05, 4.69) is 0 Å². The summed E-state index contributed by atoms with van der Waals surface area (Å²) >= 11 is 0. The van der Waals surface area contributed by atoms with Crippen LogP contribution in [0.1, 0.15) is 11.6 Å². The van der Waals surface area contributed by atoms with E-state index < -0.39 is 17.8 Å². The molecule has 0 bridgehead atoms. The Kier molecular flexibility index (Phi) is 2.94. The highest BCUT2D eigenvalue weighted by Gasteiger charge is 2.20. The lowest BCUT2D eigenvalue weighted by Gasteiger charge is -2.11. The van der Waals surface area contributed by atoms with Gasteiger partial charge in [0.2, 0.25) is 0 Å². The first-order valence-electron chi connectivity index (χ1n) is 3.60. The molecular weight excluding hydrogens is 175 g/mol. The Balaban J connectivity index is 3.04. The topological polar surface area (TPSA) is 75.3 Å². The van der Waals surface area contributed by atoms with Gasteiger partial charge in [0.1, 0.15) is 11.9 Å². The predicted molar refractivity (Wildman–Crippen MR) is 44.1 cm³/mol. The molecule has 0 heterocycles. The van der Waals surface area contributed by atoms with Gasteiger partial charge in [0.25, 0.3) is 0 Å². The van der Waals surface area contributed by atoms with Crippen LogP contribution in [0.25, 0.3) is 0 Å². The van der Waals surface area contributed by atoms with Crippen molar-refractivity contribution < 1.29 is 14.3 Å². The SMILES string of the molecule is NNC(C(=O)O)c1ccccc1F. The monoisotopic (exact) mass is 184 g/mol. The van der Waals surface area contributed by atoms with Gasteiger partial charge in [-0.05, 0) is 6.07 Å². The van der Waals surface area contributed by atoms with Gasteiger partial charge in [-0.2, -0.15) is 0 Å². The number of hydrazine groups is 1. The third kappa shape index (κ3) is 2.01. The zero-order valence-corrected chi connectivity index (χ0v) is 6.70. The van der Waals surface area contributed by atoms with Gasteiger partial charge in [0.05, 0.1) is 0 Å². The molecule has 0 aromatic heterocycles. The highest BCUT2D eigenvalue weighted by atomic mass is 19.1. The van der Waals surface area contributed by atoms with E-state index in [1.807, 2.05) is 5.43 Å². The van der Waals surface area contributed by atoms with Crippen LogP contribution >= 0.6 is 0 Å². The lowest BCUT2D eigenvalue weighted by molar-refractivity contribution is -0.139. The van der Waals surface area contributed by atoms with Crippen molar-refractivity contribution in [3.63, 3.8) is 0 Å². The molecule has 4 N–H and O–H groups in total. The van der Waals surface area contributed by atoms with Crippen molar-refractivity contribution in [3.05, 3.63) is 35.6 Å². The summed E-state index contributed by atoms with van der Waals surface area (Å²) in [5.74, 6) is 3.17. The maximum Gasteiger partial charge on any atom is 0.326 e. The summed E-state index contributed by atoms with van der Waals surface area (Å²) < 4.78 is 13.0. The van der Waals surface area contributed by atoms with E-state index in [0.717, 1.165) is 0 Å². The summed E-state index contributed by atoms with van der Waals surface area (Å²) in [5, 5.41) is 8.64. The second kappa shape index (κ2) is 3.97. The Morgan fingerprint density at radius 3 is 2.62 bits per heavy atom. The van der Waals surface area contributed by atoms with E-state index in [-0.39, 0.29) is 5.56 Å². The van der Waals surface area contributed by atoms with Crippen LogP contribution in [-0.2, 0) is 4.79 Å². The normalized spacial score (nSPS) is 12.5. The summed E-state index contributed by atoms with van der Waals surface area (Å²) in [4.78, 5) is 10.6. The summed E-state index contributed by atoms with van der Waals surface area (Å²) in [7, 11) is 0. The Hall–Kier alpha value is -1.46. The Labute approximate surface area is 74.1 Å². The van der Waals surface area contributed by atoms with Crippen molar-refractivity contribution >= 4 is 5.97 Å². The van der Waals surface area contributed by atoms with E-state index >= 15 is 0 Å². The molecule has 1 aromatic rings. The number of nitrogens with one attached hydrogen (secondary N) is 1. The van der Waals surface area contributed by atoms with E-state index in [9.17, 15) is 9.18 Å². The molecule has 0 radical (unpaired) electrons. The Bertz CT molecular complexity index is 317. The maximum atomic E-state index is 13.0. The first-order valence-corrected chi connectivity index (χ1v) is 3.60. The van der Waals surface area contributed by atoms with Crippen LogP contribution in [0.3, 0.4) is 0 Å². The van der Waals surface area contributed by atoms with Crippen LogP contribution < -0.4 is 11.3 Å². The minimum atomic E-state index is -1.22. The number of rotatable bonds is 3. The standard InChI is InChI=1S/C8H9FN2O2/c9-6-4-2-1-3-5(6)7(11-10)8(12)13/h1-4,7,11H,10H2,(H,12,13). The van der Waals surface area contributed by atoms with Gasteiger partial charge < -0.3 is 5.11 Å². The lowest BCUT2D eigenvalue weighted by atomic mass is 10.1. The third-order valence-electron chi connectivity index (χ3n) is 1.63. The van der Waals surface area contributed by atoms with E-state index in [1.165, 1.54) is 18.2 Å². The van der Waals surface area contributed by atoms with Crippen molar-refractivity contribution in [2.45, 2.75) is 6.04 Å². The number of hydrogen-bond acceptors (Lipinski definition) is 3. The largest absolute Gasteiger partial charge is 0.480 e. The Morgan fingerprint density at radius 2 is 2.15 bits per heavy atom. The quantitative estimate of drug-likeness (QED) is 0.470. The predicted octanol–water partition coefficient (Wildman–Crippen LogP) is 0.415. The summed E-state index contributed by atoms with van der Waals surface area (Å²) in [6.45, 7) is 0. The van der Waals surface area contributed by atoms with Crippen molar-refractivity contribution in [3.8, 4) is 0 Å². The van der Waals surface area contributed by atoms with Crippen LogP contribution in [-0.4, -0.2) is 11.1 Å². The fourth-order valence-electron chi connectivity index (χ4n) is 1.00. The van der Waals surface area contributed by atoms with E-state index in [4.69, 9.17) is 10.9 Å². The van der Waals surface area contributed by atoms with E-state index in [0.29, 0.717) is 0 Å². The minimum Gasteiger partial charge on any atom is -0.480 e. The zero-order valence-electron chi connectivity index (χ0n) is 6.70. The molecule has 5 heteroatoms. The zero-order chi connectivity index (χ0) is 9.84. The van der Waals surface area contributed by atoms with Gasteiger partial charge in [-0.3, -0.25) is 10.6 Å². The number of halogens is 1. The number of aliphatic carboxylic acids is 1. The molecule has 1 atom stereocenters. The van der Waals surface area contributed by atoms with Crippen LogP contribution in [0.2, 0.25) is 0 Å². The molecule has 0 spiro atoms. The molecule has 0 saturated heterocycles. The molecule has 4 nitrogen and oxygen atoms in total. The average molecular weight is 184 g/mol. The van der Waals surface area contributed by atoms with Crippen LogP contribution in [0.4, 0.5) is 4.39 Å². The molecule has 0 aliphatic carbocycles. The van der Waals surface area contributed by atoms with Crippen LogP contribution in [0.15, 0.2) is 24.3 Å². The van der Waals surface area contributed by atoms with E-state index in [1.54, 1.807) is 6.07 Å². The van der Waals surface area contributed by atoms with Gasteiger partial charge in [0, 0.05) is 5.56 Å².